The molecule has 0 spiro atoms. The molecule has 2 rings (SSSR count). The van der Waals surface area contributed by atoms with Gasteiger partial charge < -0.3 is 0 Å². The van der Waals surface area contributed by atoms with Crippen molar-refractivity contribution in [3.8, 4) is 11.1 Å². The summed E-state index contributed by atoms with van der Waals surface area (Å²) in [5.74, 6) is 0. The lowest BCUT2D eigenvalue weighted by Crippen LogP contribution is -1.98. The highest BCUT2D eigenvalue weighted by atomic mass is 14.0. The first-order chi connectivity index (χ1) is 7.36. The third kappa shape index (κ3) is 3.28. The molecular weight excluding hydrogens is 179 g/mol. The number of rotatable bonds is 1. The van der Waals surface area contributed by atoms with Crippen LogP contribution >= 0.6 is 0 Å². The Labute approximate surface area is 93.4 Å². The van der Waals surface area contributed by atoms with Gasteiger partial charge in [-0.25, -0.2) is 0 Å². The van der Waals surface area contributed by atoms with E-state index in [2.05, 4.69) is 12.1 Å². The van der Waals surface area contributed by atoms with Crippen molar-refractivity contribution < 1.29 is 0 Å². The van der Waals surface area contributed by atoms with Crippen molar-refractivity contribution >= 4 is 13.3 Å². The molecule has 74 valence electrons. The van der Waals surface area contributed by atoms with Crippen LogP contribution in [-0.4, -0.2) is 7.85 Å². The van der Waals surface area contributed by atoms with Gasteiger partial charge in [0.25, 0.3) is 0 Å². The van der Waals surface area contributed by atoms with Crippen molar-refractivity contribution in [1.82, 2.24) is 0 Å². The van der Waals surface area contributed by atoms with Crippen LogP contribution in [0.15, 0.2) is 54.6 Å². The lowest BCUT2D eigenvalue weighted by Gasteiger charge is -2.00. The molecule has 0 fully saturated rings. The van der Waals surface area contributed by atoms with Crippen molar-refractivity contribution in [3.63, 3.8) is 0 Å². The summed E-state index contributed by atoms with van der Waals surface area (Å²) in [7, 11) is 5.60. The monoisotopic (exact) mass is 194 g/mol. The van der Waals surface area contributed by atoms with Crippen LogP contribution in [0, 0.1) is 0 Å². The van der Waals surface area contributed by atoms with Crippen LogP contribution in [0.4, 0.5) is 0 Å². The first-order valence-corrected chi connectivity index (χ1v) is 5.27. The largest absolute Gasteiger partial charge is 0.113 e. The molecule has 0 N–H and O–H groups in total. The molecule has 2 radical (unpaired) electrons. The van der Waals surface area contributed by atoms with Crippen LogP contribution in [0.3, 0.4) is 0 Å². The van der Waals surface area contributed by atoms with Gasteiger partial charge in [-0.15, -0.1) is 0 Å². The zero-order chi connectivity index (χ0) is 11.1. The lowest BCUT2D eigenvalue weighted by molar-refractivity contribution is 1.50. The van der Waals surface area contributed by atoms with Crippen LogP contribution in [-0.2, 0) is 0 Å². The van der Waals surface area contributed by atoms with E-state index < -0.39 is 0 Å². The van der Waals surface area contributed by atoms with Gasteiger partial charge in [0, 0.05) is 0 Å². The van der Waals surface area contributed by atoms with Crippen molar-refractivity contribution in [1.29, 1.82) is 0 Å². The van der Waals surface area contributed by atoms with E-state index in [1.54, 1.807) is 0 Å². The Hall–Kier alpha value is -1.50. The van der Waals surface area contributed by atoms with Crippen molar-refractivity contribution in [2.24, 2.45) is 0 Å². The van der Waals surface area contributed by atoms with Gasteiger partial charge in [0.1, 0.15) is 7.85 Å². The molecule has 0 saturated heterocycles. The summed E-state index contributed by atoms with van der Waals surface area (Å²) in [6.07, 6.45) is 0. The van der Waals surface area contributed by atoms with E-state index in [0.717, 1.165) is 5.46 Å². The summed E-state index contributed by atoms with van der Waals surface area (Å²) in [4.78, 5) is 0. The molecule has 2 aromatic rings. The topological polar surface area (TPSA) is 0 Å². The molecule has 0 heterocycles. The molecule has 1 heteroatoms. The van der Waals surface area contributed by atoms with E-state index in [9.17, 15) is 0 Å². The molecule has 0 saturated carbocycles. The number of benzene rings is 2. The third-order valence-electron chi connectivity index (χ3n) is 2.02. The lowest BCUT2D eigenvalue weighted by atomic mass is 9.94. The molecule has 0 aromatic heterocycles. The molecule has 0 aliphatic carbocycles. The van der Waals surface area contributed by atoms with Crippen LogP contribution < -0.4 is 5.46 Å². The minimum absolute atomic E-state index is 0.805. The molecular formula is C14H15B. The standard InChI is InChI=1S/C12H9B.C2H6/c13-12-8-6-11(7-9-12)10-4-2-1-3-5-10;1-2/h1-9H;1-2H3. The molecule has 15 heavy (non-hydrogen) atoms. The molecule has 0 aliphatic rings. The minimum Gasteiger partial charge on any atom is -0.0966 e. The van der Waals surface area contributed by atoms with E-state index in [-0.39, 0.29) is 0 Å². The predicted octanol–water partition coefficient (Wildman–Crippen LogP) is 3.17. The maximum absolute atomic E-state index is 5.60. The fourth-order valence-corrected chi connectivity index (χ4v) is 1.31. The highest BCUT2D eigenvalue weighted by molar-refractivity contribution is 6.32. The van der Waals surface area contributed by atoms with Gasteiger partial charge in [-0.1, -0.05) is 73.9 Å². The quantitative estimate of drug-likeness (QED) is 0.611. The Morgan fingerprint density at radius 2 is 1.13 bits per heavy atom. The van der Waals surface area contributed by atoms with Gasteiger partial charge in [0.05, 0.1) is 0 Å². The summed E-state index contributed by atoms with van der Waals surface area (Å²) < 4.78 is 0. The summed E-state index contributed by atoms with van der Waals surface area (Å²) in [5, 5.41) is 0. The predicted molar refractivity (Wildman–Crippen MR) is 68.6 cm³/mol. The van der Waals surface area contributed by atoms with Gasteiger partial charge in [0.15, 0.2) is 0 Å². The van der Waals surface area contributed by atoms with E-state index in [1.807, 2.05) is 56.3 Å². The van der Waals surface area contributed by atoms with Gasteiger partial charge in [0.2, 0.25) is 0 Å². The molecule has 0 amide bonds. The number of hydrogen-bond acceptors (Lipinski definition) is 0. The molecule has 0 bridgehead atoms. The van der Waals surface area contributed by atoms with Crippen LogP contribution in [0.5, 0.6) is 0 Å². The van der Waals surface area contributed by atoms with Crippen molar-refractivity contribution in [2.75, 3.05) is 0 Å². The summed E-state index contributed by atoms with van der Waals surface area (Å²) in [5.41, 5.74) is 3.23. The fourth-order valence-electron chi connectivity index (χ4n) is 1.31. The molecule has 2 aromatic carbocycles. The molecule has 0 atom stereocenters. The fraction of sp³-hybridized carbons (Fsp3) is 0.143. The highest BCUT2D eigenvalue weighted by Crippen LogP contribution is 2.16. The van der Waals surface area contributed by atoms with E-state index in [0.29, 0.717) is 0 Å². The zero-order valence-electron chi connectivity index (χ0n) is 9.27. The second-order valence-electron chi connectivity index (χ2n) is 2.99. The summed E-state index contributed by atoms with van der Waals surface area (Å²) >= 11 is 0. The summed E-state index contributed by atoms with van der Waals surface area (Å²) in [6.45, 7) is 4.00. The summed E-state index contributed by atoms with van der Waals surface area (Å²) in [6, 6.07) is 18.2. The Kier molecular flexibility index (Phi) is 4.69. The Balaban J connectivity index is 0.000000531. The van der Waals surface area contributed by atoms with Crippen molar-refractivity contribution in [3.05, 3.63) is 54.6 Å². The Morgan fingerprint density at radius 3 is 1.67 bits per heavy atom. The smallest absolute Gasteiger partial charge is 0.0966 e. The molecule has 0 nitrogen and oxygen atoms in total. The second-order valence-corrected chi connectivity index (χ2v) is 2.99. The average Bonchev–Trinajstić information content (AvgIpc) is 2.34. The molecule has 0 unspecified atom stereocenters. The maximum atomic E-state index is 5.60. The Morgan fingerprint density at radius 1 is 0.667 bits per heavy atom. The zero-order valence-corrected chi connectivity index (χ0v) is 9.27. The van der Waals surface area contributed by atoms with E-state index in [1.165, 1.54) is 11.1 Å². The van der Waals surface area contributed by atoms with Gasteiger partial charge in [-0.05, 0) is 11.1 Å². The van der Waals surface area contributed by atoms with Crippen LogP contribution in [0.25, 0.3) is 11.1 Å². The van der Waals surface area contributed by atoms with E-state index >= 15 is 0 Å². The first kappa shape index (κ1) is 11.6. The normalized spacial score (nSPS) is 8.93. The van der Waals surface area contributed by atoms with Gasteiger partial charge >= 0.3 is 0 Å². The highest BCUT2D eigenvalue weighted by Gasteiger charge is 1.93. The maximum Gasteiger partial charge on any atom is 0.113 e. The number of hydrogen-bond donors (Lipinski definition) is 0. The minimum atomic E-state index is 0.805. The van der Waals surface area contributed by atoms with Crippen LogP contribution in [0.1, 0.15) is 13.8 Å². The van der Waals surface area contributed by atoms with Gasteiger partial charge in [-0.2, -0.15) is 0 Å². The van der Waals surface area contributed by atoms with Crippen molar-refractivity contribution in [2.45, 2.75) is 13.8 Å². The first-order valence-electron chi connectivity index (χ1n) is 5.27. The third-order valence-corrected chi connectivity index (χ3v) is 2.02. The average molecular weight is 194 g/mol. The second kappa shape index (κ2) is 6.08. The SMILES string of the molecule is CC.[B]c1ccc(-c2ccccc2)cc1. The Bertz CT molecular complexity index is 376. The van der Waals surface area contributed by atoms with Gasteiger partial charge in [-0.3, -0.25) is 0 Å². The van der Waals surface area contributed by atoms with E-state index in [4.69, 9.17) is 7.85 Å². The molecule has 0 aliphatic heterocycles. The van der Waals surface area contributed by atoms with Crippen LogP contribution in [0.2, 0.25) is 0 Å².